The average molecular weight is 172 g/mol. The number of likely N-dealkylation sites (N-methyl/N-ethyl adjacent to an activating group) is 2. The molecule has 72 valence electrons. The van der Waals surface area contributed by atoms with Crippen LogP contribution in [0, 0.1) is 5.41 Å². The lowest BCUT2D eigenvalue weighted by molar-refractivity contribution is 0.265. The normalized spacial score (nSPS) is 13.8. The summed E-state index contributed by atoms with van der Waals surface area (Å²) in [6, 6.07) is 0.0462. The zero-order chi connectivity index (χ0) is 9.72. The predicted molar refractivity (Wildman–Crippen MR) is 52.6 cm³/mol. The number of nitrogens with one attached hydrogen (secondary N) is 1. The Balaban J connectivity index is 3.71. The Morgan fingerprint density at radius 2 is 1.83 bits per heavy atom. The maximum atomic E-state index is 7.24. The van der Waals surface area contributed by atoms with Gasteiger partial charge in [0.2, 0.25) is 0 Å². The van der Waals surface area contributed by atoms with Gasteiger partial charge in [-0.2, -0.15) is 0 Å². The van der Waals surface area contributed by atoms with Crippen LogP contribution in [0.2, 0.25) is 0 Å². The van der Waals surface area contributed by atoms with Gasteiger partial charge in [-0.3, -0.25) is 10.3 Å². The summed E-state index contributed by atoms with van der Waals surface area (Å²) in [5.41, 5.74) is 5.37. The minimum Gasteiger partial charge on any atom is -0.386 e. The minimum atomic E-state index is 0.0462. The molecule has 0 fully saturated rings. The molecular formula is C8H20N4. The summed E-state index contributed by atoms with van der Waals surface area (Å²) in [7, 11) is 6.05. The Hall–Kier alpha value is -0.610. The van der Waals surface area contributed by atoms with Crippen LogP contribution >= 0.6 is 0 Å². The lowest BCUT2D eigenvalue weighted by Gasteiger charge is -2.24. The lowest BCUT2D eigenvalue weighted by Crippen LogP contribution is -2.42. The van der Waals surface area contributed by atoms with E-state index in [4.69, 9.17) is 11.1 Å². The molecule has 3 N–H and O–H groups in total. The molecule has 12 heavy (non-hydrogen) atoms. The summed E-state index contributed by atoms with van der Waals surface area (Å²) in [6.45, 7) is 3.87. The third kappa shape index (κ3) is 4.31. The van der Waals surface area contributed by atoms with Crippen LogP contribution in [0.15, 0.2) is 0 Å². The van der Waals surface area contributed by atoms with Crippen LogP contribution in [0.3, 0.4) is 0 Å². The maximum absolute atomic E-state index is 7.24. The zero-order valence-corrected chi connectivity index (χ0v) is 8.46. The molecule has 0 bridgehead atoms. The monoisotopic (exact) mass is 172 g/mol. The molecule has 0 aromatic carbocycles. The fraction of sp³-hybridized carbons (Fsp3) is 0.875. The van der Waals surface area contributed by atoms with Crippen molar-refractivity contribution in [1.82, 2.24) is 9.80 Å². The van der Waals surface area contributed by atoms with Crippen molar-refractivity contribution in [1.29, 1.82) is 5.41 Å². The first-order chi connectivity index (χ1) is 5.45. The standard InChI is InChI=1S/C8H20N4/c1-7(8(9)10)12(4)6-5-11(2)3/h7H,5-6H2,1-4H3,(H3,9,10). The number of rotatable bonds is 5. The van der Waals surface area contributed by atoms with Crippen molar-refractivity contribution in [3.8, 4) is 0 Å². The van der Waals surface area contributed by atoms with Gasteiger partial charge in [0.05, 0.1) is 6.04 Å². The van der Waals surface area contributed by atoms with Crippen LogP contribution in [-0.2, 0) is 0 Å². The molecule has 0 rings (SSSR count). The van der Waals surface area contributed by atoms with E-state index >= 15 is 0 Å². The summed E-state index contributed by atoms with van der Waals surface area (Å²) in [6.07, 6.45) is 0. The number of nitrogens with zero attached hydrogens (tertiary/aromatic N) is 2. The van der Waals surface area contributed by atoms with Crippen LogP contribution in [0.4, 0.5) is 0 Å². The Kier molecular flexibility index (Phi) is 4.85. The Labute approximate surface area is 74.8 Å². The second kappa shape index (κ2) is 5.11. The van der Waals surface area contributed by atoms with E-state index in [1.807, 2.05) is 28.1 Å². The summed E-state index contributed by atoms with van der Waals surface area (Å²) in [5, 5.41) is 7.24. The van der Waals surface area contributed by atoms with E-state index < -0.39 is 0 Å². The number of nitrogens with two attached hydrogens (primary N) is 1. The van der Waals surface area contributed by atoms with E-state index in [2.05, 4.69) is 9.80 Å². The van der Waals surface area contributed by atoms with Crippen molar-refractivity contribution in [2.75, 3.05) is 34.2 Å². The minimum absolute atomic E-state index is 0.0462. The predicted octanol–water partition coefficient (Wildman–Crippen LogP) is -0.196. The fourth-order valence-corrected chi connectivity index (χ4v) is 0.789. The molecule has 4 nitrogen and oxygen atoms in total. The van der Waals surface area contributed by atoms with Gasteiger partial charge in [0, 0.05) is 13.1 Å². The van der Waals surface area contributed by atoms with Gasteiger partial charge < -0.3 is 10.6 Å². The van der Waals surface area contributed by atoms with E-state index in [1.54, 1.807) is 0 Å². The first-order valence-electron chi connectivity index (χ1n) is 4.14. The number of amidine groups is 1. The highest BCUT2D eigenvalue weighted by Gasteiger charge is 2.10. The van der Waals surface area contributed by atoms with Crippen molar-refractivity contribution in [2.24, 2.45) is 5.73 Å². The van der Waals surface area contributed by atoms with E-state index in [1.165, 1.54) is 0 Å². The molecule has 0 heterocycles. The lowest BCUT2D eigenvalue weighted by atomic mass is 10.3. The van der Waals surface area contributed by atoms with Crippen LogP contribution in [0.1, 0.15) is 6.92 Å². The van der Waals surface area contributed by atoms with Gasteiger partial charge in [-0.05, 0) is 28.1 Å². The summed E-state index contributed by atoms with van der Waals surface area (Å²) >= 11 is 0. The third-order valence-corrected chi connectivity index (χ3v) is 2.01. The average Bonchev–Trinajstić information content (AvgIpc) is 1.98. The van der Waals surface area contributed by atoms with Gasteiger partial charge in [-0.15, -0.1) is 0 Å². The summed E-state index contributed by atoms with van der Waals surface area (Å²) < 4.78 is 0. The Morgan fingerprint density at radius 3 is 2.17 bits per heavy atom. The van der Waals surface area contributed by atoms with Gasteiger partial charge in [-0.25, -0.2) is 0 Å². The van der Waals surface area contributed by atoms with E-state index in [9.17, 15) is 0 Å². The first kappa shape index (κ1) is 11.4. The van der Waals surface area contributed by atoms with Crippen LogP contribution in [0.25, 0.3) is 0 Å². The highest BCUT2D eigenvalue weighted by Crippen LogP contribution is 1.93. The van der Waals surface area contributed by atoms with Gasteiger partial charge in [0.1, 0.15) is 5.84 Å². The van der Waals surface area contributed by atoms with E-state index in [-0.39, 0.29) is 11.9 Å². The van der Waals surface area contributed by atoms with Crippen molar-refractivity contribution in [2.45, 2.75) is 13.0 Å². The highest BCUT2D eigenvalue weighted by atomic mass is 15.2. The quantitative estimate of drug-likeness (QED) is 0.446. The molecule has 0 spiro atoms. The fourth-order valence-electron chi connectivity index (χ4n) is 0.789. The number of hydrogen-bond donors (Lipinski definition) is 2. The molecule has 0 saturated carbocycles. The van der Waals surface area contributed by atoms with Crippen LogP contribution in [-0.4, -0.2) is 55.9 Å². The van der Waals surface area contributed by atoms with Crippen molar-refractivity contribution in [3.63, 3.8) is 0 Å². The molecule has 1 unspecified atom stereocenters. The van der Waals surface area contributed by atoms with Gasteiger partial charge in [-0.1, -0.05) is 0 Å². The summed E-state index contributed by atoms with van der Waals surface area (Å²) in [5.74, 6) is 0.233. The van der Waals surface area contributed by atoms with E-state index in [0.717, 1.165) is 13.1 Å². The number of hydrogen-bond acceptors (Lipinski definition) is 3. The second-order valence-electron chi connectivity index (χ2n) is 3.42. The molecule has 1 atom stereocenters. The third-order valence-electron chi connectivity index (χ3n) is 2.01. The molecule has 0 saturated heterocycles. The zero-order valence-electron chi connectivity index (χ0n) is 8.46. The SMILES string of the molecule is CC(C(=N)N)N(C)CCN(C)C. The molecule has 0 aromatic rings. The molecule has 0 radical (unpaired) electrons. The van der Waals surface area contributed by atoms with Gasteiger partial charge in [0.25, 0.3) is 0 Å². The molecule has 0 aliphatic carbocycles. The van der Waals surface area contributed by atoms with Crippen molar-refractivity contribution < 1.29 is 0 Å². The largest absolute Gasteiger partial charge is 0.386 e. The Morgan fingerprint density at radius 1 is 1.33 bits per heavy atom. The highest BCUT2D eigenvalue weighted by molar-refractivity contribution is 5.82. The van der Waals surface area contributed by atoms with Crippen molar-refractivity contribution in [3.05, 3.63) is 0 Å². The van der Waals surface area contributed by atoms with Gasteiger partial charge >= 0.3 is 0 Å². The van der Waals surface area contributed by atoms with E-state index in [0.29, 0.717) is 0 Å². The van der Waals surface area contributed by atoms with Crippen LogP contribution in [0.5, 0.6) is 0 Å². The Bertz CT molecular complexity index is 144. The first-order valence-corrected chi connectivity index (χ1v) is 4.14. The smallest absolute Gasteiger partial charge is 0.108 e. The topological polar surface area (TPSA) is 56.4 Å². The molecule has 4 heteroatoms. The molecule has 0 aliphatic heterocycles. The molecule has 0 aliphatic rings. The second-order valence-corrected chi connectivity index (χ2v) is 3.42. The van der Waals surface area contributed by atoms with Crippen molar-refractivity contribution >= 4 is 5.84 Å². The van der Waals surface area contributed by atoms with Crippen LogP contribution < -0.4 is 5.73 Å². The molecular weight excluding hydrogens is 152 g/mol. The maximum Gasteiger partial charge on any atom is 0.108 e. The molecule has 0 aromatic heterocycles. The van der Waals surface area contributed by atoms with Gasteiger partial charge in [0.15, 0.2) is 0 Å². The summed E-state index contributed by atoms with van der Waals surface area (Å²) in [4.78, 5) is 4.19. The molecule has 0 amide bonds.